The van der Waals surface area contributed by atoms with Gasteiger partial charge < -0.3 is 9.72 Å². The molecule has 2 aliphatic rings. The zero-order chi connectivity index (χ0) is 20.6. The first kappa shape index (κ1) is 23.4. The molecule has 0 spiro atoms. The Morgan fingerprint density at radius 1 is 1.10 bits per heavy atom. The number of benzene rings is 1. The van der Waals surface area contributed by atoms with Gasteiger partial charge in [-0.3, -0.25) is 9.47 Å². The van der Waals surface area contributed by atoms with Gasteiger partial charge in [-0.1, -0.05) is 6.92 Å². The molecule has 30 heavy (non-hydrogen) atoms. The monoisotopic (exact) mass is 435 g/mol. The summed E-state index contributed by atoms with van der Waals surface area (Å²) in [7, 11) is 0. The smallest absolute Gasteiger partial charge is 0.326 e. The van der Waals surface area contributed by atoms with Crippen LogP contribution in [0, 0.1) is 13.8 Å². The average molecular weight is 436 g/mol. The van der Waals surface area contributed by atoms with Crippen LogP contribution in [0.15, 0.2) is 16.9 Å². The lowest BCUT2D eigenvalue weighted by molar-refractivity contribution is -0.0305. The summed E-state index contributed by atoms with van der Waals surface area (Å²) in [5.74, 6) is 0. The first-order valence-corrected chi connectivity index (χ1v) is 11.5. The van der Waals surface area contributed by atoms with Crippen LogP contribution in [0.2, 0.25) is 0 Å². The summed E-state index contributed by atoms with van der Waals surface area (Å²) in [6.45, 7) is 11.9. The molecule has 0 atom stereocenters. The molecule has 2 fully saturated rings. The Bertz CT molecular complexity index is 903. The van der Waals surface area contributed by atoms with E-state index < -0.39 is 0 Å². The van der Waals surface area contributed by atoms with Gasteiger partial charge in [0, 0.05) is 31.3 Å². The Kier molecular flexibility index (Phi) is 7.36. The molecule has 0 bridgehead atoms. The Morgan fingerprint density at radius 2 is 1.73 bits per heavy atom. The van der Waals surface area contributed by atoms with E-state index in [2.05, 4.69) is 49.7 Å². The number of piperidine rings is 1. The number of aromatic nitrogens is 2. The van der Waals surface area contributed by atoms with Crippen molar-refractivity contribution in [2.45, 2.75) is 90.3 Å². The number of nitrogens with one attached hydrogen (secondary N) is 1. The van der Waals surface area contributed by atoms with Crippen molar-refractivity contribution < 1.29 is 4.74 Å². The van der Waals surface area contributed by atoms with Crippen LogP contribution >= 0.6 is 12.4 Å². The van der Waals surface area contributed by atoms with Gasteiger partial charge in [0.1, 0.15) is 0 Å². The number of hydrogen-bond acceptors (Lipinski definition) is 3. The normalized spacial score (nSPS) is 26.1. The molecule has 0 amide bonds. The van der Waals surface area contributed by atoms with E-state index in [1.54, 1.807) is 0 Å². The number of rotatable bonds is 5. The van der Waals surface area contributed by atoms with E-state index in [4.69, 9.17) is 4.74 Å². The van der Waals surface area contributed by atoms with Crippen LogP contribution in [0.5, 0.6) is 0 Å². The SMILES string of the molecule is CCCOC1CCC(C)(N2CCC(n3c(=O)[nH]c4cc(C)c(C)cc43)CC2)CC1.Cl. The van der Waals surface area contributed by atoms with Crippen molar-refractivity contribution in [3.63, 3.8) is 0 Å². The molecule has 2 aromatic rings. The summed E-state index contributed by atoms with van der Waals surface area (Å²) in [5, 5.41) is 0. The van der Waals surface area contributed by atoms with Crippen molar-refractivity contribution in [1.82, 2.24) is 14.5 Å². The molecule has 4 rings (SSSR count). The quantitative estimate of drug-likeness (QED) is 0.707. The van der Waals surface area contributed by atoms with Gasteiger partial charge in [-0.15, -0.1) is 12.4 Å². The molecular weight excluding hydrogens is 398 g/mol. The van der Waals surface area contributed by atoms with Gasteiger partial charge in [0.25, 0.3) is 0 Å². The topological polar surface area (TPSA) is 50.3 Å². The molecule has 2 heterocycles. The van der Waals surface area contributed by atoms with Gasteiger partial charge in [0.05, 0.1) is 17.1 Å². The fourth-order valence-corrected chi connectivity index (χ4v) is 5.39. The van der Waals surface area contributed by atoms with Crippen LogP contribution in [-0.4, -0.2) is 45.8 Å². The number of aryl methyl sites for hydroxylation is 2. The van der Waals surface area contributed by atoms with Gasteiger partial charge in [-0.05, 0) is 89.0 Å². The maximum absolute atomic E-state index is 12.7. The maximum Gasteiger partial charge on any atom is 0.326 e. The average Bonchev–Trinajstić information content (AvgIpc) is 3.02. The Labute approximate surface area is 186 Å². The molecule has 6 heteroatoms. The largest absolute Gasteiger partial charge is 0.378 e. The molecule has 1 saturated heterocycles. The molecule has 1 aromatic heterocycles. The molecule has 5 nitrogen and oxygen atoms in total. The molecule has 168 valence electrons. The molecule has 1 aromatic carbocycles. The van der Waals surface area contributed by atoms with Gasteiger partial charge in [0.2, 0.25) is 0 Å². The van der Waals surface area contributed by atoms with Crippen LogP contribution < -0.4 is 5.69 Å². The van der Waals surface area contributed by atoms with E-state index in [0.717, 1.165) is 50.0 Å². The molecule has 1 N–H and O–H groups in total. The van der Waals surface area contributed by atoms with E-state index >= 15 is 0 Å². The second-order valence-electron chi connectivity index (χ2n) is 9.54. The van der Waals surface area contributed by atoms with Crippen LogP contribution in [0.3, 0.4) is 0 Å². The predicted molar refractivity (Wildman–Crippen MR) is 126 cm³/mol. The van der Waals surface area contributed by atoms with Crippen molar-refractivity contribution in [1.29, 1.82) is 0 Å². The molecule has 0 radical (unpaired) electrons. The predicted octanol–water partition coefficient (Wildman–Crippen LogP) is 5.13. The number of ether oxygens (including phenoxy) is 1. The summed E-state index contributed by atoms with van der Waals surface area (Å²) >= 11 is 0. The molecule has 1 saturated carbocycles. The Morgan fingerprint density at radius 3 is 2.37 bits per heavy atom. The molecule has 1 aliphatic carbocycles. The number of H-pyrrole nitrogens is 1. The zero-order valence-electron chi connectivity index (χ0n) is 19.0. The minimum Gasteiger partial charge on any atom is -0.378 e. The van der Waals surface area contributed by atoms with Crippen molar-refractivity contribution >= 4 is 23.4 Å². The highest BCUT2D eigenvalue weighted by Crippen LogP contribution is 2.38. The lowest BCUT2D eigenvalue weighted by atomic mass is 9.79. The summed E-state index contributed by atoms with van der Waals surface area (Å²) < 4.78 is 8.02. The minimum atomic E-state index is 0. The highest BCUT2D eigenvalue weighted by Gasteiger charge is 2.38. The molecule has 1 aliphatic heterocycles. The van der Waals surface area contributed by atoms with Crippen LogP contribution in [0.4, 0.5) is 0 Å². The van der Waals surface area contributed by atoms with Gasteiger partial charge in [0.15, 0.2) is 0 Å². The Balaban J connectivity index is 0.00000256. The number of hydrogen-bond donors (Lipinski definition) is 1. The molecular formula is C24H38ClN3O2. The van der Waals surface area contributed by atoms with Crippen LogP contribution in [-0.2, 0) is 4.74 Å². The zero-order valence-corrected chi connectivity index (χ0v) is 19.8. The van der Waals surface area contributed by atoms with E-state index in [-0.39, 0.29) is 23.6 Å². The third kappa shape index (κ3) is 4.49. The minimum absolute atomic E-state index is 0. The maximum atomic E-state index is 12.7. The fourth-order valence-electron chi connectivity index (χ4n) is 5.39. The third-order valence-corrected chi connectivity index (χ3v) is 7.49. The number of aromatic amines is 1. The summed E-state index contributed by atoms with van der Waals surface area (Å²) in [4.78, 5) is 18.5. The first-order valence-electron chi connectivity index (χ1n) is 11.5. The number of fused-ring (bicyclic) bond motifs is 1. The highest BCUT2D eigenvalue weighted by molar-refractivity contribution is 5.85. The van der Waals surface area contributed by atoms with Crippen LogP contribution in [0.1, 0.15) is 76.0 Å². The number of imidazole rings is 1. The lowest BCUT2D eigenvalue weighted by Crippen LogP contribution is -2.53. The van der Waals surface area contributed by atoms with E-state index in [0.29, 0.717) is 12.1 Å². The van der Waals surface area contributed by atoms with Crippen molar-refractivity contribution in [2.75, 3.05) is 19.7 Å². The lowest BCUT2D eigenvalue weighted by Gasteiger charge is -2.48. The van der Waals surface area contributed by atoms with Gasteiger partial charge in [-0.2, -0.15) is 0 Å². The number of halogens is 1. The highest BCUT2D eigenvalue weighted by atomic mass is 35.5. The Hall–Kier alpha value is -1.30. The fraction of sp³-hybridized carbons (Fsp3) is 0.708. The van der Waals surface area contributed by atoms with E-state index in [1.165, 1.54) is 36.8 Å². The van der Waals surface area contributed by atoms with Gasteiger partial charge in [-0.25, -0.2) is 4.79 Å². The second-order valence-corrected chi connectivity index (χ2v) is 9.54. The van der Waals surface area contributed by atoms with Gasteiger partial charge >= 0.3 is 5.69 Å². The molecule has 0 unspecified atom stereocenters. The summed E-state index contributed by atoms with van der Waals surface area (Å²) in [6, 6.07) is 4.58. The number of likely N-dealkylation sites (tertiary alicyclic amines) is 1. The van der Waals surface area contributed by atoms with E-state index in [1.807, 2.05) is 4.57 Å². The van der Waals surface area contributed by atoms with Crippen LogP contribution in [0.25, 0.3) is 11.0 Å². The summed E-state index contributed by atoms with van der Waals surface area (Å²) in [5.41, 5.74) is 4.84. The van der Waals surface area contributed by atoms with Crippen molar-refractivity contribution in [3.05, 3.63) is 33.7 Å². The van der Waals surface area contributed by atoms with Crippen molar-refractivity contribution in [3.8, 4) is 0 Å². The second kappa shape index (κ2) is 9.46. The summed E-state index contributed by atoms with van der Waals surface area (Å²) in [6.07, 6.45) is 8.45. The first-order chi connectivity index (χ1) is 13.9. The standard InChI is InChI=1S/C24H37N3O2.ClH/c1-5-14-29-20-6-10-24(4,11-7-20)26-12-8-19(9-13-26)27-22-16-18(3)17(2)15-21(22)25-23(27)28;/h15-16,19-20H,5-14H2,1-4H3,(H,25,28);1H. The third-order valence-electron chi connectivity index (χ3n) is 7.49. The van der Waals surface area contributed by atoms with E-state index in [9.17, 15) is 4.79 Å². The number of nitrogens with zero attached hydrogens (tertiary/aromatic N) is 2. The van der Waals surface area contributed by atoms with Crippen molar-refractivity contribution in [2.24, 2.45) is 0 Å².